The molecule has 5 heteroatoms. The van der Waals surface area contributed by atoms with Gasteiger partial charge in [-0.3, -0.25) is 9.59 Å². The Morgan fingerprint density at radius 2 is 1.79 bits per heavy atom. The molecule has 4 rings (SSSR count). The van der Waals surface area contributed by atoms with Crippen LogP contribution in [0.3, 0.4) is 0 Å². The number of ether oxygens (including phenoxy) is 1. The van der Waals surface area contributed by atoms with E-state index in [4.69, 9.17) is 4.74 Å². The number of quaternary nitrogens is 1. The molecular formula is C23H27N2O3+. The molecule has 0 unspecified atom stereocenters. The van der Waals surface area contributed by atoms with Crippen molar-refractivity contribution in [2.45, 2.75) is 31.7 Å². The van der Waals surface area contributed by atoms with Gasteiger partial charge in [-0.05, 0) is 42.9 Å². The number of likely N-dealkylation sites (tertiary alicyclic amines) is 1. The van der Waals surface area contributed by atoms with E-state index in [0.29, 0.717) is 23.8 Å². The number of anilines is 1. The molecule has 2 heterocycles. The molecule has 1 atom stereocenters. The average Bonchev–Trinajstić information content (AvgIpc) is 3.03. The van der Waals surface area contributed by atoms with E-state index < -0.39 is 0 Å². The lowest BCUT2D eigenvalue weighted by molar-refractivity contribution is -0.920. The lowest BCUT2D eigenvalue weighted by Crippen LogP contribution is -3.17. The molecule has 0 bridgehead atoms. The van der Waals surface area contributed by atoms with Gasteiger partial charge in [0.2, 0.25) is 5.91 Å². The third-order valence-corrected chi connectivity index (χ3v) is 6.07. The SMILES string of the molecule is COc1cccc(N2C(=O)C[C@H]([NH+]3CCC(Cc4ccccc4)CC3)C2=O)c1. The van der Waals surface area contributed by atoms with Crippen LogP contribution in [0.5, 0.6) is 5.75 Å². The van der Waals surface area contributed by atoms with Gasteiger partial charge in [-0.2, -0.15) is 0 Å². The van der Waals surface area contributed by atoms with Crippen molar-refractivity contribution < 1.29 is 19.2 Å². The topological polar surface area (TPSA) is 51.0 Å². The maximum Gasteiger partial charge on any atom is 0.292 e. The first-order valence-corrected chi connectivity index (χ1v) is 10.0. The molecule has 0 saturated carbocycles. The minimum atomic E-state index is -0.253. The Labute approximate surface area is 165 Å². The lowest BCUT2D eigenvalue weighted by atomic mass is 9.89. The summed E-state index contributed by atoms with van der Waals surface area (Å²) in [5, 5.41) is 0. The van der Waals surface area contributed by atoms with Crippen molar-refractivity contribution in [3.8, 4) is 5.75 Å². The second kappa shape index (κ2) is 8.15. The maximum absolute atomic E-state index is 13.0. The molecule has 28 heavy (non-hydrogen) atoms. The molecule has 2 aromatic rings. The van der Waals surface area contributed by atoms with Crippen molar-refractivity contribution in [1.29, 1.82) is 0 Å². The normalized spacial score (nSPS) is 25.2. The van der Waals surface area contributed by atoms with Gasteiger partial charge in [0.15, 0.2) is 6.04 Å². The number of nitrogens with zero attached hydrogens (tertiary/aromatic N) is 1. The summed E-state index contributed by atoms with van der Waals surface area (Å²) >= 11 is 0. The van der Waals surface area contributed by atoms with Crippen LogP contribution in [0.1, 0.15) is 24.8 Å². The third kappa shape index (κ3) is 3.80. The molecule has 2 amide bonds. The minimum Gasteiger partial charge on any atom is -0.497 e. The van der Waals surface area contributed by atoms with E-state index in [1.807, 2.05) is 18.2 Å². The van der Waals surface area contributed by atoms with Gasteiger partial charge >= 0.3 is 0 Å². The Bertz CT molecular complexity index is 844. The van der Waals surface area contributed by atoms with Gasteiger partial charge in [0.25, 0.3) is 5.91 Å². The van der Waals surface area contributed by atoms with Crippen LogP contribution < -0.4 is 14.5 Å². The smallest absolute Gasteiger partial charge is 0.292 e. The standard InChI is InChI=1S/C23H26N2O3/c1-28-20-9-5-8-19(15-20)25-22(26)16-21(23(25)27)24-12-10-18(11-13-24)14-17-6-3-2-4-7-17/h2-9,15,18,21H,10-14,16H2,1H3/p+1/t21-/m0/s1. The fourth-order valence-electron chi connectivity index (χ4n) is 4.52. The molecule has 0 spiro atoms. The number of methoxy groups -OCH3 is 1. The number of hydrogen-bond acceptors (Lipinski definition) is 3. The Balaban J connectivity index is 1.39. The maximum atomic E-state index is 13.0. The largest absolute Gasteiger partial charge is 0.497 e. The molecule has 2 aromatic carbocycles. The van der Waals surface area contributed by atoms with Crippen molar-refractivity contribution in [3.63, 3.8) is 0 Å². The number of nitrogens with one attached hydrogen (secondary N) is 1. The van der Waals surface area contributed by atoms with E-state index in [-0.39, 0.29) is 17.9 Å². The molecule has 2 saturated heterocycles. The zero-order valence-corrected chi connectivity index (χ0v) is 16.3. The number of imide groups is 1. The summed E-state index contributed by atoms with van der Waals surface area (Å²) in [6, 6.07) is 17.5. The highest BCUT2D eigenvalue weighted by Crippen LogP contribution is 2.26. The van der Waals surface area contributed by atoms with Gasteiger partial charge in [-0.1, -0.05) is 36.4 Å². The first kappa shape index (κ1) is 18.7. The fourth-order valence-corrected chi connectivity index (χ4v) is 4.52. The fraction of sp³-hybridized carbons (Fsp3) is 0.391. The molecule has 1 N–H and O–H groups in total. The monoisotopic (exact) mass is 379 g/mol. The summed E-state index contributed by atoms with van der Waals surface area (Å²) in [6.07, 6.45) is 3.60. The number of benzene rings is 2. The lowest BCUT2D eigenvalue weighted by Gasteiger charge is -2.32. The van der Waals surface area contributed by atoms with Gasteiger partial charge < -0.3 is 9.64 Å². The molecule has 2 aliphatic heterocycles. The van der Waals surface area contributed by atoms with Gasteiger partial charge in [0, 0.05) is 6.07 Å². The highest BCUT2D eigenvalue weighted by atomic mass is 16.5. The zero-order chi connectivity index (χ0) is 19.5. The van der Waals surface area contributed by atoms with E-state index in [9.17, 15) is 9.59 Å². The van der Waals surface area contributed by atoms with Crippen molar-refractivity contribution in [1.82, 2.24) is 0 Å². The Hall–Kier alpha value is -2.66. The second-order valence-corrected chi connectivity index (χ2v) is 7.82. The molecule has 146 valence electrons. The summed E-state index contributed by atoms with van der Waals surface area (Å²) in [7, 11) is 1.58. The van der Waals surface area contributed by atoms with Crippen molar-refractivity contribution >= 4 is 17.5 Å². The van der Waals surface area contributed by atoms with Crippen molar-refractivity contribution in [2.24, 2.45) is 5.92 Å². The quantitative estimate of drug-likeness (QED) is 0.807. The molecular weight excluding hydrogens is 352 g/mol. The van der Waals surface area contributed by atoms with Crippen LogP contribution in [-0.4, -0.2) is 38.1 Å². The molecule has 0 aromatic heterocycles. The van der Waals surface area contributed by atoms with Gasteiger partial charge in [0.1, 0.15) is 5.75 Å². The molecule has 0 aliphatic carbocycles. The van der Waals surface area contributed by atoms with E-state index >= 15 is 0 Å². The van der Waals surface area contributed by atoms with Crippen LogP contribution in [0.15, 0.2) is 54.6 Å². The van der Waals surface area contributed by atoms with Crippen LogP contribution in [0.25, 0.3) is 0 Å². The summed E-state index contributed by atoms with van der Waals surface area (Å²) < 4.78 is 5.23. The first-order valence-electron chi connectivity index (χ1n) is 10.0. The Morgan fingerprint density at radius 3 is 2.50 bits per heavy atom. The second-order valence-electron chi connectivity index (χ2n) is 7.82. The zero-order valence-electron chi connectivity index (χ0n) is 16.3. The predicted molar refractivity (Wildman–Crippen MR) is 107 cm³/mol. The number of amides is 2. The van der Waals surface area contributed by atoms with Crippen LogP contribution in [0.2, 0.25) is 0 Å². The van der Waals surface area contributed by atoms with Crippen LogP contribution in [0, 0.1) is 5.92 Å². The van der Waals surface area contributed by atoms with Gasteiger partial charge in [-0.15, -0.1) is 0 Å². The first-order chi connectivity index (χ1) is 13.7. The minimum absolute atomic E-state index is 0.0743. The van der Waals surface area contributed by atoms with Crippen LogP contribution in [0.4, 0.5) is 5.69 Å². The van der Waals surface area contributed by atoms with Crippen LogP contribution in [-0.2, 0) is 16.0 Å². The Morgan fingerprint density at radius 1 is 1.04 bits per heavy atom. The van der Waals surface area contributed by atoms with Gasteiger partial charge in [-0.25, -0.2) is 4.90 Å². The molecule has 0 radical (unpaired) electrons. The molecule has 5 nitrogen and oxygen atoms in total. The van der Waals surface area contributed by atoms with E-state index in [1.165, 1.54) is 15.4 Å². The molecule has 2 fully saturated rings. The Kier molecular flexibility index (Phi) is 5.44. The number of piperidine rings is 1. The number of rotatable bonds is 5. The van der Waals surface area contributed by atoms with E-state index in [1.54, 1.807) is 19.2 Å². The number of carbonyl (C=O) groups is 2. The summed E-state index contributed by atoms with van der Waals surface area (Å²) in [5.74, 6) is 1.13. The van der Waals surface area contributed by atoms with Crippen molar-refractivity contribution in [2.75, 3.05) is 25.1 Å². The molecule has 2 aliphatic rings. The summed E-state index contributed by atoms with van der Waals surface area (Å²) in [6.45, 7) is 1.90. The van der Waals surface area contributed by atoms with Crippen LogP contribution >= 0.6 is 0 Å². The van der Waals surface area contributed by atoms with E-state index in [0.717, 1.165) is 32.4 Å². The number of carbonyl (C=O) groups excluding carboxylic acids is 2. The van der Waals surface area contributed by atoms with E-state index in [2.05, 4.69) is 24.3 Å². The van der Waals surface area contributed by atoms with Crippen molar-refractivity contribution in [3.05, 3.63) is 60.2 Å². The highest BCUT2D eigenvalue weighted by Gasteiger charge is 2.46. The highest BCUT2D eigenvalue weighted by molar-refractivity contribution is 6.21. The van der Waals surface area contributed by atoms with Gasteiger partial charge in [0.05, 0.1) is 32.3 Å². The predicted octanol–water partition coefficient (Wildman–Crippen LogP) is 1.86. The summed E-state index contributed by atoms with van der Waals surface area (Å²) in [5.41, 5.74) is 1.99. The average molecular weight is 379 g/mol. The third-order valence-electron chi connectivity index (χ3n) is 6.07. The number of hydrogen-bond donors (Lipinski definition) is 1. The summed E-state index contributed by atoms with van der Waals surface area (Å²) in [4.78, 5) is 28.2.